The second kappa shape index (κ2) is 15.4. The van der Waals surface area contributed by atoms with Crippen LogP contribution in [0.1, 0.15) is 99.3 Å². The van der Waals surface area contributed by atoms with E-state index in [9.17, 15) is 0 Å². The van der Waals surface area contributed by atoms with Gasteiger partial charge >= 0.3 is 0 Å². The van der Waals surface area contributed by atoms with E-state index in [4.69, 9.17) is 0 Å². The van der Waals surface area contributed by atoms with Crippen LogP contribution in [0.2, 0.25) is 0 Å². The molecule has 0 rings (SSSR count). The van der Waals surface area contributed by atoms with Crippen molar-refractivity contribution in [2.75, 3.05) is 19.6 Å². The predicted octanol–water partition coefficient (Wildman–Crippen LogP) is 6.07. The molecule has 0 fully saturated rings. The van der Waals surface area contributed by atoms with Crippen molar-refractivity contribution in [2.45, 2.75) is 105 Å². The first-order chi connectivity index (χ1) is 11.0. The summed E-state index contributed by atoms with van der Waals surface area (Å²) in [6.07, 6.45) is 13.0. The van der Waals surface area contributed by atoms with Crippen LogP contribution >= 0.6 is 0 Å². The second-order valence-electron chi connectivity index (χ2n) is 8.12. The molecule has 0 heterocycles. The zero-order chi connectivity index (χ0) is 17.5. The van der Waals surface area contributed by atoms with Crippen molar-refractivity contribution in [1.82, 2.24) is 10.2 Å². The molecule has 0 amide bonds. The fourth-order valence-electron chi connectivity index (χ4n) is 3.29. The summed E-state index contributed by atoms with van der Waals surface area (Å²) in [6.45, 7) is 17.5. The van der Waals surface area contributed by atoms with Gasteiger partial charge in [0.1, 0.15) is 0 Å². The smallest absolute Gasteiger partial charge is 0.0597 e. The van der Waals surface area contributed by atoms with Gasteiger partial charge in [-0.05, 0) is 31.2 Å². The van der Waals surface area contributed by atoms with Gasteiger partial charge in [0, 0.05) is 13.1 Å². The quantitative estimate of drug-likeness (QED) is 0.274. The van der Waals surface area contributed by atoms with Crippen LogP contribution < -0.4 is 5.32 Å². The second-order valence-corrected chi connectivity index (χ2v) is 8.12. The van der Waals surface area contributed by atoms with Gasteiger partial charge in [-0.25, -0.2) is 0 Å². The van der Waals surface area contributed by atoms with Crippen molar-refractivity contribution < 1.29 is 0 Å². The summed E-state index contributed by atoms with van der Waals surface area (Å²) in [6, 6.07) is 0. The highest BCUT2D eigenvalue weighted by atomic mass is 15.3. The van der Waals surface area contributed by atoms with Gasteiger partial charge < -0.3 is 5.32 Å². The van der Waals surface area contributed by atoms with Gasteiger partial charge in [-0.3, -0.25) is 4.90 Å². The van der Waals surface area contributed by atoms with E-state index in [1.54, 1.807) is 0 Å². The van der Waals surface area contributed by atoms with Gasteiger partial charge in [0.25, 0.3) is 0 Å². The number of nitrogens with one attached hydrogen (secondary N) is 1. The number of unbranched alkanes of at least 4 members (excludes halogenated alkanes) is 6. The first-order valence-electron chi connectivity index (χ1n) is 10.5. The van der Waals surface area contributed by atoms with Gasteiger partial charge in [0.2, 0.25) is 0 Å². The highest BCUT2D eigenvalue weighted by molar-refractivity contribution is 4.72. The Bertz CT molecular complexity index is 228. The first kappa shape index (κ1) is 22.9. The molecule has 2 heteroatoms. The fraction of sp³-hybridized carbons (Fsp3) is 1.00. The van der Waals surface area contributed by atoms with Crippen molar-refractivity contribution in [1.29, 1.82) is 0 Å². The zero-order valence-electron chi connectivity index (χ0n) is 17.2. The van der Waals surface area contributed by atoms with Crippen molar-refractivity contribution in [3.8, 4) is 0 Å². The Balaban J connectivity index is 4.27. The topological polar surface area (TPSA) is 15.3 Å². The summed E-state index contributed by atoms with van der Waals surface area (Å²) in [5.74, 6) is 1.49. The van der Waals surface area contributed by atoms with E-state index >= 15 is 0 Å². The van der Waals surface area contributed by atoms with Crippen molar-refractivity contribution >= 4 is 0 Å². The molecule has 1 N–H and O–H groups in total. The van der Waals surface area contributed by atoms with E-state index in [-0.39, 0.29) is 0 Å². The molecular formula is C21H46N2. The van der Waals surface area contributed by atoms with Gasteiger partial charge in [-0.1, -0.05) is 86.5 Å². The minimum atomic E-state index is 0.579. The number of hydrogen-bond acceptors (Lipinski definition) is 2. The Hall–Kier alpha value is -0.0800. The maximum absolute atomic E-state index is 3.82. The van der Waals surface area contributed by atoms with Crippen LogP contribution in [0, 0.1) is 11.8 Å². The molecule has 0 bridgehead atoms. The maximum atomic E-state index is 3.82. The van der Waals surface area contributed by atoms with Gasteiger partial charge in [0.15, 0.2) is 0 Å². The van der Waals surface area contributed by atoms with Crippen molar-refractivity contribution in [3.05, 3.63) is 0 Å². The summed E-state index contributed by atoms with van der Waals surface area (Å²) in [4.78, 5) is 2.71. The zero-order valence-corrected chi connectivity index (χ0v) is 17.2. The van der Waals surface area contributed by atoms with E-state index in [1.807, 2.05) is 0 Å². The molecule has 0 radical (unpaired) electrons. The number of nitrogens with zero attached hydrogens (tertiary/aromatic N) is 1. The molecule has 0 aromatic rings. The number of rotatable bonds is 16. The van der Waals surface area contributed by atoms with Crippen LogP contribution in [-0.4, -0.2) is 30.7 Å². The first-order valence-corrected chi connectivity index (χ1v) is 10.5. The van der Waals surface area contributed by atoms with E-state index < -0.39 is 0 Å². The average Bonchev–Trinajstić information content (AvgIpc) is 2.47. The molecule has 1 atom stereocenters. The summed E-state index contributed by atoms with van der Waals surface area (Å²) in [7, 11) is 0. The SMILES string of the molecule is CCCCCCCCCC(NCCC)N(CC(C)C)CC(C)C. The molecule has 0 aliphatic rings. The molecule has 0 saturated carbocycles. The van der Waals surface area contributed by atoms with Crippen LogP contribution in [-0.2, 0) is 0 Å². The molecule has 1 unspecified atom stereocenters. The van der Waals surface area contributed by atoms with Crippen LogP contribution in [0.5, 0.6) is 0 Å². The summed E-state index contributed by atoms with van der Waals surface area (Å²) < 4.78 is 0. The predicted molar refractivity (Wildman–Crippen MR) is 106 cm³/mol. The van der Waals surface area contributed by atoms with Gasteiger partial charge in [0.05, 0.1) is 6.17 Å². The lowest BCUT2D eigenvalue weighted by Crippen LogP contribution is -2.48. The minimum Gasteiger partial charge on any atom is -0.302 e. The lowest BCUT2D eigenvalue weighted by atomic mass is 10.1. The molecule has 0 aliphatic carbocycles. The van der Waals surface area contributed by atoms with Gasteiger partial charge in [-0.15, -0.1) is 0 Å². The van der Waals surface area contributed by atoms with E-state index in [2.05, 4.69) is 51.8 Å². The third kappa shape index (κ3) is 14.0. The van der Waals surface area contributed by atoms with Crippen LogP contribution in [0.4, 0.5) is 0 Å². The third-order valence-corrected chi connectivity index (χ3v) is 4.35. The molecule has 0 spiro atoms. The molecule has 2 nitrogen and oxygen atoms in total. The molecule has 0 saturated heterocycles. The molecule has 0 aromatic heterocycles. The molecule has 0 aromatic carbocycles. The van der Waals surface area contributed by atoms with Crippen molar-refractivity contribution in [3.63, 3.8) is 0 Å². The highest BCUT2D eigenvalue weighted by Crippen LogP contribution is 2.14. The summed E-state index contributed by atoms with van der Waals surface area (Å²) in [5.41, 5.74) is 0. The molecule has 140 valence electrons. The highest BCUT2D eigenvalue weighted by Gasteiger charge is 2.19. The number of hydrogen-bond donors (Lipinski definition) is 1. The summed E-state index contributed by atoms with van der Waals surface area (Å²) in [5, 5.41) is 3.82. The Morgan fingerprint density at radius 2 is 1.22 bits per heavy atom. The summed E-state index contributed by atoms with van der Waals surface area (Å²) >= 11 is 0. The van der Waals surface area contributed by atoms with Crippen LogP contribution in [0.25, 0.3) is 0 Å². The maximum Gasteiger partial charge on any atom is 0.0597 e. The Kier molecular flexibility index (Phi) is 15.4. The Morgan fingerprint density at radius 1 is 0.696 bits per heavy atom. The Morgan fingerprint density at radius 3 is 1.70 bits per heavy atom. The average molecular weight is 327 g/mol. The van der Waals surface area contributed by atoms with Crippen LogP contribution in [0.3, 0.4) is 0 Å². The van der Waals surface area contributed by atoms with Gasteiger partial charge in [-0.2, -0.15) is 0 Å². The van der Waals surface area contributed by atoms with Crippen molar-refractivity contribution in [2.24, 2.45) is 11.8 Å². The normalized spacial score (nSPS) is 13.4. The largest absolute Gasteiger partial charge is 0.302 e. The lowest BCUT2D eigenvalue weighted by Gasteiger charge is -2.35. The lowest BCUT2D eigenvalue weighted by molar-refractivity contribution is 0.121. The van der Waals surface area contributed by atoms with E-state index in [1.165, 1.54) is 70.9 Å². The molecule has 23 heavy (non-hydrogen) atoms. The van der Waals surface area contributed by atoms with Crippen LogP contribution in [0.15, 0.2) is 0 Å². The fourth-order valence-corrected chi connectivity index (χ4v) is 3.29. The standard InChI is InChI=1S/C21H46N2/c1-7-9-10-11-12-13-14-15-21(22-16-8-2)23(17-19(3)4)18-20(5)6/h19-22H,7-18H2,1-6H3. The third-order valence-electron chi connectivity index (χ3n) is 4.35. The Labute approximate surface area is 147 Å². The monoisotopic (exact) mass is 326 g/mol. The van der Waals surface area contributed by atoms with E-state index in [0.717, 1.165) is 18.4 Å². The van der Waals surface area contributed by atoms with E-state index in [0.29, 0.717) is 6.17 Å². The molecular weight excluding hydrogens is 280 g/mol. The minimum absolute atomic E-state index is 0.579. The molecule has 0 aliphatic heterocycles.